The molecule has 0 saturated carbocycles. The molecule has 1 N–H and O–H groups in total. The molecule has 7 nitrogen and oxygen atoms in total. The highest BCUT2D eigenvalue weighted by molar-refractivity contribution is 7.92. The fourth-order valence-electron chi connectivity index (χ4n) is 4.08. The van der Waals surface area contributed by atoms with E-state index in [-0.39, 0.29) is 11.5 Å². The van der Waals surface area contributed by atoms with E-state index >= 15 is 0 Å². The quantitative estimate of drug-likeness (QED) is 0.402. The van der Waals surface area contributed by atoms with Gasteiger partial charge in [-0.25, -0.2) is 13.2 Å². The Labute approximate surface area is 213 Å². The van der Waals surface area contributed by atoms with E-state index in [1.807, 2.05) is 0 Å². The summed E-state index contributed by atoms with van der Waals surface area (Å²) in [4.78, 5) is 27.0. The number of thiophene rings is 1. The van der Waals surface area contributed by atoms with Gasteiger partial charge in [-0.05, 0) is 68.5 Å². The summed E-state index contributed by atoms with van der Waals surface area (Å²) in [5, 5.41) is 3.51. The number of anilines is 2. The number of nitrogens with one attached hydrogen (secondary N) is 1. The molecule has 1 amide bonds. The Balaban J connectivity index is 1.69. The van der Waals surface area contributed by atoms with Crippen LogP contribution in [0.3, 0.4) is 0 Å². The number of carbonyl (C=O) groups is 2. The van der Waals surface area contributed by atoms with E-state index in [4.69, 9.17) is 16.3 Å². The highest BCUT2D eigenvalue weighted by Crippen LogP contribution is 2.39. The maximum atomic E-state index is 13.6. The molecule has 0 atom stereocenters. The highest BCUT2D eigenvalue weighted by Gasteiger charge is 2.31. The van der Waals surface area contributed by atoms with Crippen molar-refractivity contribution in [1.82, 2.24) is 0 Å². The maximum absolute atomic E-state index is 13.6. The van der Waals surface area contributed by atoms with Gasteiger partial charge in [0.25, 0.3) is 10.0 Å². The zero-order valence-electron chi connectivity index (χ0n) is 19.3. The third kappa shape index (κ3) is 5.22. The predicted octanol–water partition coefficient (Wildman–Crippen LogP) is 5.21. The second kappa shape index (κ2) is 10.4. The van der Waals surface area contributed by atoms with Crippen LogP contribution in [0.1, 0.15) is 39.7 Å². The van der Waals surface area contributed by atoms with Crippen molar-refractivity contribution in [1.29, 1.82) is 0 Å². The number of carbonyl (C=O) groups excluding carboxylic acids is 2. The van der Waals surface area contributed by atoms with Crippen molar-refractivity contribution in [2.24, 2.45) is 0 Å². The topological polar surface area (TPSA) is 92.8 Å². The number of benzene rings is 2. The van der Waals surface area contributed by atoms with Crippen LogP contribution in [0.2, 0.25) is 5.02 Å². The minimum atomic E-state index is -4.09. The van der Waals surface area contributed by atoms with Gasteiger partial charge in [0, 0.05) is 9.90 Å². The summed E-state index contributed by atoms with van der Waals surface area (Å²) in [6.07, 6.45) is 2.52. The van der Waals surface area contributed by atoms with Gasteiger partial charge in [0.2, 0.25) is 5.91 Å². The molecule has 4 rings (SSSR count). The van der Waals surface area contributed by atoms with Gasteiger partial charge in [0.15, 0.2) is 0 Å². The molecule has 10 heteroatoms. The molecule has 3 aromatic rings. The number of aryl methyl sites for hydroxylation is 2. The molecule has 0 aliphatic heterocycles. The second-order valence-corrected chi connectivity index (χ2v) is 11.5. The summed E-state index contributed by atoms with van der Waals surface area (Å²) < 4.78 is 33.4. The first-order valence-electron chi connectivity index (χ1n) is 11.2. The molecule has 0 fully saturated rings. The molecule has 2 aromatic carbocycles. The number of fused-ring (bicyclic) bond motifs is 1. The van der Waals surface area contributed by atoms with Crippen molar-refractivity contribution in [3.8, 4) is 0 Å². The van der Waals surface area contributed by atoms with E-state index in [0.29, 0.717) is 26.8 Å². The van der Waals surface area contributed by atoms with Gasteiger partial charge in [-0.2, -0.15) is 0 Å². The molecule has 1 aliphatic rings. The number of nitrogens with zero attached hydrogens (tertiary/aromatic N) is 1. The molecular formula is C25H25ClN2O5S2. The molecule has 1 heterocycles. The number of sulfonamides is 1. The normalized spacial score (nSPS) is 12.8. The predicted molar refractivity (Wildman–Crippen MR) is 138 cm³/mol. The lowest BCUT2D eigenvalue weighted by Crippen LogP contribution is -2.38. The van der Waals surface area contributed by atoms with Gasteiger partial charge in [0.05, 0.1) is 22.8 Å². The van der Waals surface area contributed by atoms with Crippen LogP contribution in [0.4, 0.5) is 10.7 Å². The summed E-state index contributed by atoms with van der Waals surface area (Å²) in [6, 6.07) is 12.8. The molecule has 1 aromatic heterocycles. The summed E-state index contributed by atoms with van der Waals surface area (Å²) >= 11 is 7.52. The lowest BCUT2D eigenvalue weighted by molar-refractivity contribution is -0.114. The monoisotopic (exact) mass is 532 g/mol. The number of halogens is 1. The lowest BCUT2D eigenvalue weighted by Gasteiger charge is -2.25. The number of amides is 1. The highest BCUT2D eigenvalue weighted by atomic mass is 35.5. The van der Waals surface area contributed by atoms with Gasteiger partial charge in [-0.15, -0.1) is 11.3 Å². The van der Waals surface area contributed by atoms with Crippen LogP contribution in [-0.2, 0) is 32.4 Å². The van der Waals surface area contributed by atoms with Crippen LogP contribution >= 0.6 is 22.9 Å². The minimum absolute atomic E-state index is 0.0505. The average molecular weight is 533 g/mol. The fraction of sp³-hybridized carbons (Fsp3) is 0.280. The van der Waals surface area contributed by atoms with Crippen molar-refractivity contribution in [3.63, 3.8) is 0 Å². The van der Waals surface area contributed by atoms with Gasteiger partial charge in [0.1, 0.15) is 11.5 Å². The van der Waals surface area contributed by atoms with Crippen LogP contribution in [0.25, 0.3) is 0 Å². The summed E-state index contributed by atoms with van der Waals surface area (Å²) in [5.74, 6) is -1.06. The first kappa shape index (κ1) is 25.2. The second-order valence-electron chi connectivity index (χ2n) is 8.09. The third-order valence-corrected chi connectivity index (χ3v) is 8.93. The number of rotatable bonds is 8. The van der Waals surface area contributed by atoms with Gasteiger partial charge >= 0.3 is 5.97 Å². The SMILES string of the molecule is CCOC(=O)c1c(NC(=O)CN(c2cc(Cl)ccc2C)S(=O)(=O)c2ccccc2)sc2c1CCC2. The Morgan fingerprint density at radius 2 is 1.89 bits per heavy atom. The molecule has 1 aliphatic carbocycles. The van der Waals surface area contributed by atoms with Crippen LogP contribution < -0.4 is 9.62 Å². The van der Waals surface area contributed by atoms with Gasteiger partial charge in [-0.3, -0.25) is 9.10 Å². The number of ether oxygens (including phenoxy) is 1. The first-order chi connectivity index (χ1) is 16.7. The van der Waals surface area contributed by atoms with Crippen molar-refractivity contribution < 1.29 is 22.7 Å². The largest absolute Gasteiger partial charge is 0.462 e. The Kier molecular flexibility index (Phi) is 7.49. The van der Waals surface area contributed by atoms with Crippen LogP contribution in [0.15, 0.2) is 53.4 Å². The first-order valence-corrected chi connectivity index (χ1v) is 13.8. The zero-order chi connectivity index (χ0) is 25.2. The summed E-state index contributed by atoms with van der Waals surface area (Å²) in [5.41, 5.74) is 2.22. The van der Waals surface area contributed by atoms with Crippen LogP contribution in [0, 0.1) is 6.92 Å². The Hall–Kier alpha value is -2.88. The van der Waals surface area contributed by atoms with E-state index in [1.54, 1.807) is 44.2 Å². The fourth-order valence-corrected chi connectivity index (χ4v) is 7.04. The van der Waals surface area contributed by atoms with E-state index in [0.717, 1.165) is 34.0 Å². The molecular weight excluding hydrogens is 508 g/mol. The van der Waals surface area contributed by atoms with Crippen molar-refractivity contribution >= 4 is 55.5 Å². The maximum Gasteiger partial charge on any atom is 0.341 e. The Morgan fingerprint density at radius 3 is 2.60 bits per heavy atom. The molecule has 0 spiro atoms. The standard InChI is InChI=1S/C25H25ClN2O5S2/c1-3-33-25(30)23-19-10-7-11-21(19)34-24(23)27-22(29)15-28(20-14-17(26)13-12-16(20)2)35(31,32)18-8-5-4-6-9-18/h4-6,8-9,12-14H,3,7,10-11,15H2,1-2H3,(H,27,29). The molecule has 0 radical (unpaired) electrons. The summed E-state index contributed by atoms with van der Waals surface area (Å²) in [6.45, 7) is 3.19. The smallest absolute Gasteiger partial charge is 0.341 e. The van der Waals surface area contributed by atoms with E-state index < -0.39 is 28.4 Å². The third-order valence-electron chi connectivity index (χ3n) is 5.71. The summed E-state index contributed by atoms with van der Waals surface area (Å²) in [7, 11) is -4.09. The van der Waals surface area contributed by atoms with E-state index in [1.165, 1.54) is 29.5 Å². The van der Waals surface area contributed by atoms with Gasteiger partial charge < -0.3 is 10.1 Å². The molecule has 0 saturated heterocycles. The molecule has 0 unspecified atom stereocenters. The van der Waals surface area contributed by atoms with Crippen molar-refractivity contribution in [3.05, 3.63) is 75.1 Å². The van der Waals surface area contributed by atoms with Crippen LogP contribution in [0.5, 0.6) is 0 Å². The lowest BCUT2D eigenvalue weighted by atomic mass is 10.1. The average Bonchev–Trinajstić information content (AvgIpc) is 3.40. The van der Waals surface area contributed by atoms with Crippen LogP contribution in [-0.4, -0.2) is 33.4 Å². The van der Waals surface area contributed by atoms with Gasteiger partial charge in [-0.1, -0.05) is 35.9 Å². The number of hydrogen-bond donors (Lipinski definition) is 1. The number of esters is 1. The molecule has 0 bridgehead atoms. The van der Waals surface area contributed by atoms with E-state index in [2.05, 4.69) is 5.32 Å². The molecule has 184 valence electrons. The Morgan fingerprint density at radius 1 is 1.14 bits per heavy atom. The van der Waals surface area contributed by atoms with E-state index in [9.17, 15) is 18.0 Å². The Bertz CT molecular complexity index is 1370. The molecule has 35 heavy (non-hydrogen) atoms. The van der Waals surface area contributed by atoms with Crippen molar-refractivity contribution in [2.45, 2.75) is 38.0 Å². The van der Waals surface area contributed by atoms with Crippen molar-refractivity contribution in [2.75, 3.05) is 22.8 Å². The number of hydrogen-bond acceptors (Lipinski definition) is 6. The zero-order valence-corrected chi connectivity index (χ0v) is 21.7. The minimum Gasteiger partial charge on any atom is -0.462 e.